The molecule has 0 saturated heterocycles. The van der Waals surface area contributed by atoms with Crippen LogP contribution in [0.3, 0.4) is 0 Å². The Kier molecular flexibility index (Phi) is 6.26. The first-order chi connectivity index (χ1) is 13.0. The van der Waals surface area contributed by atoms with E-state index in [9.17, 15) is 0 Å². The molecular weight excluding hydrogens is 431 g/mol. The van der Waals surface area contributed by atoms with Crippen LogP contribution in [-0.2, 0) is 0 Å². The Morgan fingerprint density at radius 2 is 1.00 bits per heavy atom. The summed E-state index contributed by atoms with van der Waals surface area (Å²) >= 11 is 13.3. The molecule has 0 saturated carbocycles. The maximum absolute atomic E-state index is 6.66. The third kappa shape index (κ3) is 4.79. The van der Waals surface area contributed by atoms with Crippen molar-refractivity contribution in [2.45, 2.75) is 0 Å². The molecule has 0 amide bonds. The second kappa shape index (κ2) is 8.06. The van der Waals surface area contributed by atoms with E-state index >= 15 is 0 Å². The van der Waals surface area contributed by atoms with Gasteiger partial charge in [-0.3, -0.25) is 0 Å². The summed E-state index contributed by atoms with van der Waals surface area (Å²) in [6, 6.07) is 11.8. The maximum atomic E-state index is 6.66. The lowest BCUT2D eigenvalue weighted by Gasteiger charge is -2.28. The van der Waals surface area contributed by atoms with Crippen LogP contribution in [0.5, 0.6) is 11.5 Å². The van der Waals surface area contributed by atoms with E-state index in [1.54, 1.807) is 0 Å². The van der Waals surface area contributed by atoms with Crippen molar-refractivity contribution in [2.75, 3.05) is 49.4 Å². The van der Waals surface area contributed by atoms with Gasteiger partial charge < -0.3 is 9.47 Å². The zero-order valence-electron chi connectivity index (χ0n) is 17.3. The summed E-state index contributed by atoms with van der Waals surface area (Å²) in [5, 5.41) is 4.91. The first-order valence-electron chi connectivity index (χ1n) is 8.88. The Bertz CT molecular complexity index is 939. The van der Waals surface area contributed by atoms with Gasteiger partial charge in [0.25, 0.3) is 0 Å². The van der Waals surface area contributed by atoms with Crippen LogP contribution in [0.2, 0.25) is 10.0 Å². The molecular formula is C22H28Cl2O2S2. The molecule has 0 bridgehead atoms. The smallest absolute Gasteiger partial charge is 0.137 e. The zero-order valence-corrected chi connectivity index (χ0v) is 20.4. The van der Waals surface area contributed by atoms with Crippen LogP contribution in [0.15, 0.2) is 36.4 Å². The lowest BCUT2D eigenvalue weighted by atomic mass is 10.0. The van der Waals surface area contributed by atoms with Crippen molar-refractivity contribution in [3.8, 4) is 11.5 Å². The topological polar surface area (TPSA) is 18.5 Å². The first kappa shape index (κ1) is 21.8. The van der Waals surface area contributed by atoms with Gasteiger partial charge in [0, 0.05) is 21.5 Å². The molecule has 0 aliphatic rings. The van der Waals surface area contributed by atoms with Crippen LogP contribution in [0.1, 0.15) is 0 Å². The minimum Gasteiger partial charge on any atom is -0.483 e. The summed E-state index contributed by atoms with van der Waals surface area (Å²) in [7, 11) is -1.70. The quantitative estimate of drug-likeness (QED) is 0.359. The van der Waals surface area contributed by atoms with Crippen LogP contribution >= 0.6 is 43.3 Å². The van der Waals surface area contributed by atoms with E-state index in [1.165, 1.54) is 0 Å². The van der Waals surface area contributed by atoms with Crippen molar-refractivity contribution >= 4 is 64.8 Å². The van der Waals surface area contributed by atoms with Gasteiger partial charge in [-0.15, -0.1) is 0 Å². The van der Waals surface area contributed by atoms with Crippen molar-refractivity contribution < 1.29 is 9.47 Å². The van der Waals surface area contributed by atoms with Crippen LogP contribution in [0.4, 0.5) is 0 Å². The minimum absolute atomic E-state index is 0.622. The molecule has 0 fully saturated rings. The molecule has 3 rings (SSSR count). The lowest BCUT2D eigenvalue weighted by molar-refractivity contribution is 0.393. The molecule has 6 heteroatoms. The van der Waals surface area contributed by atoms with Gasteiger partial charge in [-0.2, -0.15) is 0 Å². The van der Waals surface area contributed by atoms with E-state index in [0.717, 1.165) is 33.0 Å². The van der Waals surface area contributed by atoms with Gasteiger partial charge in [-0.1, -0.05) is 47.5 Å². The highest BCUT2D eigenvalue weighted by Gasteiger charge is 2.22. The van der Waals surface area contributed by atoms with Gasteiger partial charge in [0.15, 0.2) is 0 Å². The van der Waals surface area contributed by atoms with Gasteiger partial charge in [0.05, 0.1) is 10.0 Å². The highest BCUT2D eigenvalue weighted by atomic mass is 35.5. The van der Waals surface area contributed by atoms with E-state index < -0.39 is 20.1 Å². The second-order valence-corrected chi connectivity index (χ2v) is 18.3. The largest absolute Gasteiger partial charge is 0.483 e. The van der Waals surface area contributed by atoms with Gasteiger partial charge in [-0.25, -0.2) is 20.1 Å². The molecule has 3 aromatic rings. The molecule has 0 N–H and O–H groups in total. The predicted octanol–water partition coefficient (Wildman–Crippen LogP) is 7.36. The summed E-state index contributed by atoms with van der Waals surface area (Å²) in [5.41, 5.74) is 0. The van der Waals surface area contributed by atoms with E-state index in [0.29, 0.717) is 21.9 Å². The highest BCUT2D eigenvalue weighted by Crippen LogP contribution is 2.50. The molecule has 0 heterocycles. The van der Waals surface area contributed by atoms with Crippen LogP contribution in [0.25, 0.3) is 21.5 Å². The van der Waals surface area contributed by atoms with Gasteiger partial charge in [0.1, 0.15) is 23.4 Å². The zero-order chi connectivity index (χ0) is 20.7. The third-order valence-corrected chi connectivity index (χ3v) is 6.37. The Hall–Kier alpha value is -0.940. The monoisotopic (exact) mass is 458 g/mol. The Morgan fingerprint density at radius 3 is 1.32 bits per heavy atom. The summed E-state index contributed by atoms with van der Waals surface area (Å²) in [6.07, 6.45) is 13.4. The molecule has 2 nitrogen and oxygen atoms in total. The summed E-state index contributed by atoms with van der Waals surface area (Å²) in [5.74, 6) is 2.88. The third-order valence-electron chi connectivity index (χ3n) is 4.09. The van der Waals surface area contributed by atoms with Gasteiger partial charge >= 0.3 is 0 Å². The summed E-state index contributed by atoms with van der Waals surface area (Å²) in [6.45, 7) is 0. The molecule has 0 spiro atoms. The Morgan fingerprint density at radius 1 is 0.643 bits per heavy atom. The predicted molar refractivity (Wildman–Crippen MR) is 133 cm³/mol. The minimum atomic E-state index is -0.848. The normalized spacial score (nSPS) is 13.7. The standard InChI is InChI=1S/C22H28Cl2O2S2/c1-27(2,3)13-25-21-15-9-7-8-10-16(15)22(26-14-28(4,5)6)20-18(24)12-11-17(23)19(20)21/h7-12H,13-14H2,1-6H3. The molecule has 28 heavy (non-hydrogen) atoms. The van der Waals surface area contributed by atoms with Crippen molar-refractivity contribution in [1.82, 2.24) is 0 Å². The summed E-state index contributed by atoms with van der Waals surface area (Å²) in [4.78, 5) is 0. The van der Waals surface area contributed by atoms with E-state index in [1.807, 2.05) is 24.3 Å². The van der Waals surface area contributed by atoms with Crippen LogP contribution in [-0.4, -0.2) is 49.4 Å². The number of hydrogen-bond donors (Lipinski definition) is 0. The molecule has 3 aromatic carbocycles. The average molecular weight is 460 g/mol. The molecule has 0 aliphatic heterocycles. The van der Waals surface area contributed by atoms with E-state index in [2.05, 4.69) is 49.7 Å². The molecule has 0 aliphatic carbocycles. The summed E-state index contributed by atoms with van der Waals surface area (Å²) < 4.78 is 12.8. The number of halogens is 2. The van der Waals surface area contributed by atoms with Gasteiger partial charge in [0.2, 0.25) is 0 Å². The number of ether oxygens (including phenoxy) is 2. The van der Waals surface area contributed by atoms with E-state index in [4.69, 9.17) is 32.7 Å². The molecule has 0 aromatic heterocycles. The van der Waals surface area contributed by atoms with E-state index in [-0.39, 0.29) is 0 Å². The highest BCUT2D eigenvalue weighted by molar-refractivity contribution is 8.32. The van der Waals surface area contributed by atoms with Crippen LogP contribution < -0.4 is 9.47 Å². The first-order valence-corrected chi connectivity index (χ1v) is 15.7. The van der Waals surface area contributed by atoms with Crippen molar-refractivity contribution in [1.29, 1.82) is 0 Å². The van der Waals surface area contributed by atoms with Crippen molar-refractivity contribution in [3.63, 3.8) is 0 Å². The average Bonchev–Trinajstić information content (AvgIpc) is 2.59. The molecule has 0 atom stereocenters. The fraction of sp³-hybridized carbons (Fsp3) is 0.364. The second-order valence-electron chi connectivity index (χ2n) is 8.69. The Labute approximate surface area is 181 Å². The van der Waals surface area contributed by atoms with Gasteiger partial charge in [-0.05, 0) is 49.7 Å². The Balaban J connectivity index is 2.35. The molecule has 154 valence electrons. The molecule has 0 radical (unpaired) electrons. The maximum Gasteiger partial charge on any atom is 0.137 e. The number of rotatable bonds is 6. The number of fused-ring (bicyclic) bond motifs is 2. The number of hydrogen-bond acceptors (Lipinski definition) is 2. The molecule has 0 unspecified atom stereocenters. The fourth-order valence-electron chi connectivity index (χ4n) is 2.92. The fourth-order valence-corrected chi connectivity index (χ4v) is 4.34. The van der Waals surface area contributed by atoms with Crippen molar-refractivity contribution in [2.24, 2.45) is 0 Å². The number of benzene rings is 3. The SMILES string of the molecule is CS(C)(C)COc1c2ccccc2c(OCS(C)(C)C)c2c(Cl)ccc(Cl)c12. The van der Waals surface area contributed by atoms with Crippen LogP contribution in [0, 0.1) is 0 Å². The van der Waals surface area contributed by atoms with Crippen molar-refractivity contribution in [3.05, 3.63) is 46.4 Å². The lowest BCUT2D eigenvalue weighted by Crippen LogP contribution is -2.09.